The van der Waals surface area contributed by atoms with Crippen molar-refractivity contribution in [1.82, 2.24) is 19.6 Å². The van der Waals surface area contributed by atoms with Crippen molar-refractivity contribution in [1.29, 1.82) is 0 Å². The summed E-state index contributed by atoms with van der Waals surface area (Å²) in [6.07, 6.45) is 2.46. The van der Waals surface area contributed by atoms with Crippen molar-refractivity contribution in [3.8, 4) is 0 Å². The number of fused-ring (bicyclic) bond motifs is 1. The van der Waals surface area contributed by atoms with Gasteiger partial charge in [-0.2, -0.15) is 0 Å². The normalized spacial score (nSPS) is 19.3. The number of para-hydroxylation sites is 1. The number of halogens is 2. The number of anilines is 1. The monoisotopic (exact) mass is 615 g/mol. The van der Waals surface area contributed by atoms with Gasteiger partial charge >= 0.3 is 12.1 Å². The number of rotatable bonds is 6. The van der Waals surface area contributed by atoms with Crippen LogP contribution >= 0.6 is 23.2 Å². The van der Waals surface area contributed by atoms with Gasteiger partial charge in [0.1, 0.15) is 0 Å². The van der Waals surface area contributed by atoms with E-state index in [2.05, 4.69) is 24.3 Å². The summed E-state index contributed by atoms with van der Waals surface area (Å²) in [5.41, 5.74) is 2.71. The minimum absolute atomic E-state index is 0.0207. The van der Waals surface area contributed by atoms with Crippen LogP contribution in [0.2, 0.25) is 10.0 Å². The number of carbonyl (C=O) groups excluding carboxylic acids is 3. The predicted octanol–water partition coefficient (Wildman–Crippen LogP) is 5.15. The highest BCUT2D eigenvalue weighted by molar-refractivity contribution is 6.34. The Kier molecular flexibility index (Phi) is 9.81. The molecule has 3 aliphatic heterocycles. The van der Waals surface area contributed by atoms with E-state index in [1.807, 2.05) is 29.2 Å². The fourth-order valence-electron chi connectivity index (χ4n) is 6.22. The number of benzene rings is 2. The Morgan fingerprint density at radius 3 is 2.26 bits per heavy atom. The van der Waals surface area contributed by atoms with Gasteiger partial charge < -0.3 is 29.7 Å². The van der Waals surface area contributed by atoms with Crippen LogP contribution < -0.4 is 5.32 Å². The number of amides is 4. The van der Waals surface area contributed by atoms with Crippen LogP contribution in [-0.2, 0) is 22.4 Å². The molecule has 2 saturated heterocycles. The van der Waals surface area contributed by atoms with Crippen LogP contribution in [0.25, 0.3) is 0 Å². The van der Waals surface area contributed by atoms with Crippen LogP contribution in [0, 0.1) is 0 Å². The van der Waals surface area contributed by atoms with E-state index in [-0.39, 0.29) is 24.4 Å². The van der Waals surface area contributed by atoms with E-state index in [9.17, 15) is 14.4 Å². The molecule has 3 aliphatic rings. The molecule has 0 saturated carbocycles. The number of piperidine rings is 2. The van der Waals surface area contributed by atoms with Crippen molar-refractivity contribution in [3.05, 3.63) is 63.6 Å². The first-order valence-electron chi connectivity index (χ1n) is 14.7. The van der Waals surface area contributed by atoms with Gasteiger partial charge in [-0.25, -0.2) is 9.59 Å². The van der Waals surface area contributed by atoms with E-state index in [0.29, 0.717) is 61.7 Å². The van der Waals surface area contributed by atoms with Gasteiger partial charge in [0.2, 0.25) is 0 Å². The van der Waals surface area contributed by atoms with Crippen molar-refractivity contribution in [2.45, 2.75) is 56.7 Å². The molecular weight excluding hydrogens is 577 g/mol. The first kappa shape index (κ1) is 30.4. The number of hydrogen-bond acceptors (Lipinski definition) is 5. The zero-order valence-corrected chi connectivity index (χ0v) is 25.7. The molecule has 226 valence electrons. The van der Waals surface area contributed by atoms with Crippen LogP contribution in [0.5, 0.6) is 0 Å². The third-order valence-electron chi connectivity index (χ3n) is 8.67. The highest BCUT2D eigenvalue weighted by atomic mass is 35.5. The lowest BCUT2D eigenvalue weighted by atomic mass is 10.0. The lowest BCUT2D eigenvalue weighted by Crippen LogP contribution is -2.52. The quantitative estimate of drug-likeness (QED) is 0.486. The summed E-state index contributed by atoms with van der Waals surface area (Å²) in [4.78, 5) is 47.6. The molecule has 0 aliphatic carbocycles. The summed E-state index contributed by atoms with van der Waals surface area (Å²) in [6, 6.07) is 13.3. The Balaban J connectivity index is 1.22. The molecule has 2 aromatic carbocycles. The maximum absolute atomic E-state index is 13.7. The third-order valence-corrected chi connectivity index (χ3v) is 9.11. The number of nitrogens with one attached hydrogen (secondary N) is 1. The zero-order valence-electron chi connectivity index (χ0n) is 24.2. The second-order valence-electron chi connectivity index (χ2n) is 11.6. The van der Waals surface area contributed by atoms with Crippen LogP contribution in [0.1, 0.15) is 36.8 Å². The molecule has 11 heteroatoms. The molecule has 0 unspecified atom stereocenters. The maximum atomic E-state index is 13.7. The molecule has 0 aromatic heterocycles. The topological polar surface area (TPSA) is 85.4 Å². The van der Waals surface area contributed by atoms with Crippen molar-refractivity contribution < 1.29 is 19.1 Å². The lowest BCUT2D eigenvalue weighted by Gasteiger charge is -2.38. The Morgan fingerprint density at radius 2 is 1.60 bits per heavy atom. The number of urea groups is 1. The van der Waals surface area contributed by atoms with E-state index < -0.39 is 12.2 Å². The van der Waals surface area contributed by atoms with Crippen LogP contribution in [0.15, 0.2) is 42.5 Å². The maximum Gasteiger partial charge on any atom is 0.410 e. The number of nitrogens with zero attached hydrogens (tertiary/aromatic N) is 4. The van der Waals surface area contributed by atoms with Gasteiger partial charge in [0.15, 0.2) is 6.10 Å². The van der Waals surface area contributed by atoms with Gasteiger partial charge in [0, 0.05) is 67.0 Å². The molecule has 1 atom stereocenters. The number of carbonyl (C=O) groups is 3. The molecule has 3 heterocycles. The Morgan fingerprint density at radius 1 is 0.952 bits per heavy atom. The van der Waals surface area contributed by atoms with E-state index in [4.69, 9.17) is 27.9 Å². The fourth-order valence-corrected chi connectivity index (χ4v) is 6.79. The second-order valence-corrected chi connectivity index (χ2v) is 12.5. The van der Waals surface area contributed by atoms with Gasteiger partial charge in [0.25, 0.3) is 5.91 Å². The molecule has 0 radical (unpaired) electrons. The number of likely N-dealkylation sites (tertiary alicyclic amines) is 2. The largest absolute Gasteiger partial charge is 0.436 e. The molecular formula is C31H39Cl2N5O4. The average Bonchev–Trinajstić information content (AvgIpc) is 3.14. The first-order chi connectivity index (χ1) is 20.2. The average molecular weight is 617 g/mol. The molecule has 1 N–H and O–H groups in total. The van der Waals surface area contributed by atoms with E-state index in [0.717, 1.165) is 36.1 Å². The summed E-state index contributed by atoms with van der Waals surface area (Å²) in [5, 5.41) is 3.96. The number of ether oxygens (including phenoxy) is 1. The van der Waals surface area contributed by atoms with Crippen LogP contribution in [0.4, 0.5) is 15.3 Å². The highest BCUT2D eigenvalue weighted by Gasteiger charge is 2.35. The molecule has 4 amide bonds. The summed E-state index contributed by atoms with van der Waals surface area (Å²) < 4.78 is 5.93. The summed E-state index contributed by atoms with van der Waals surface area (Å²) in [5.74, 6) is -0.202. The van der Waals surface area contributed by atoms with Gasteiger partial charge in [-0.05, 0) is 81.6 Å². The minimum Gasteiger partial charge on any atom is -0.436 e. The smallest absolute Gasteiger partial charge is 0.410 e. The Hall–Kier alpha value is -3.01. The van der Waals surface area contributed by atoms with Crippen molar-refractivity contribution in [2.24, 2.45) is 0 Å². The van der Waals surface area contributed by atoms with Crippen molar-refractivity contribution in [3.63, 3.8) is 0 Å². The summed E-state index contributed by atoms with van der Waals surface area (Å²) in [7, 11) is 4.11. The highest BCUT2D eigenvalue weighted by Crippen LogP contribution is 2.26. The Labute approximate surface area is 257 Å². The summed E-state index contributed by atoms with van der Waals surface area (Å²) >= 11 is 12.5. The molecule has 2 aromatic rings. The van der Waals surface area contributed by atoms with E-state index in [1.54, 1.807) is 28.0 Å². The molecule has 42 heavy (non-hydrogen) atoms. The third kappa shape index (κ3) is 7.30. The fraction of sp³-hybridized carbons (Fsp3) is 0.516. The standard InChI is InChI=1S/C31H39Cl2N5O4/c1-35(2)25-8-12-36(13-9-25)29(39)28(19-21-17-23(32)20-24(33)18-21)42-31(41)37-14-10-26(11-15-37)38-16-7-22-5-3-4-6-27(22)34-30(38)40/h3-6,17-18,20,25-26,28H,7-16,19H2,1-2H3,(H,34,40)/t28-/m1/s1. The van der Waals surface area contributed by atoms with Gasteiger partial charge in [-0.3, -0.25) is 4.79 Å². The molecule has 9 nitrogen and oxygen atoms in total. The molecule has 5 rings (SSSR count). The van der Waals surface area contributed by atoms with Crippen LogP contribution in [0.3, 0.4) is 0 Å². The minimum atomic E-state index is -0.990. The molecule has 0 spiro atoms. The number of hydrogen-bond donors (Lipinski definition) is 1. The Bertz CT molecular complexity index is 1270. The predicted molar refractivity (Wildman–Crippen MR) is 164 cm³/mol. The zero-order chi connectivity index (χ0) is 29.8. The van der Waals surface area contributed by atoms with Gasteiger partial charge in [-0.1, -0.05) is 41.4 Å². The van der Waals surface area contributed by atoms with Gasteiger partial charge in [-0.15, -0.1) is 0 Å². The first-order valence-corrected chi connectivity index (χ1v) is 15.4. The van der Waals surface area contributed by atoms with E-state index >= 15 is 0 Å². The van der Waals surface area contributed by atoms with E-state index in [1.165, 1.54) is 0 Å². The molecule has 2 fully saturated rings. The van der Waals surface area contributed by atoms with Gasteiger partial charge in [0.05, 0.1) is 0 Å². The van der Waals surface area contributed by atoms with Crippen molar-refractivity contribution in [2.75, 3.05) is 52.1 Å². The second kappa shape index (κ2) is 13.5. The van der Waals surface area contributed by atoms with Crippen LogP contribution in [-0.4, -0.2) is 103 Å². The SMILES string of the molecule is CN(C)C1CCN(C(=O)[C@@H](Cc2cc(Cl)cc(Cl)c2)OC(=O)N2CCC(N3CCc4ccccc4NC3=O)CC2)CC1. The summed E-state index contributed by atoms with van der Waals surface area (Å²) in [6.45, 7) is 2.73. The lowest BCUT2D eigenvalue weighted by molar-refractivity contribution is -0.142. The van der Waals surface area contributed by atoms with Crippen molar-refractivity contribution >= 4 is 46.9 Å². The molecule has 0 bridgehead atoms.